The molecule has 1 aliphatic rings. The molecule has 1 fully saturated rings. The van der Waals surface area contributed by atoms with E-state index in [0.29, 0.717) is 37.7 Å². The lowest BCUT2D eigenvalue weighted by Crippen LogP contribution is -2.41. The van der Waals surface area contributed by atoms with E-state index in [0.717, 1.165) is 24.2 Å². The Morgan fingerprint density at radius 1 is 1.26 bits per heavy atom. The molecule has 1 N–H and O–H groups in total. The molecule has 3 aromatic rings. The summed E-state index contributed by atoms with van der Waals surface area (Å²) in [5.41, 5.74) is 1.28. The number of ether oxygens (including phenoxy) is 1. The third kappa shape index (κ3) is 5.20. The van der Waals surface area contributed by atoms with Crippen molar-refractivity contribution >= 4 is 11.7 Å². The molecule has 0 spiro atoms. The van der Waals surface area contributed by atoms with Crippen molar-refractivity contribution < 1.29 is 18.4 Å². The molecule has 0 bridgehead atoms. The average Bonchev–Trinajstić information content (AvgIpc) is 3.24. The summed E-state index contributed by atoms with van der Waals surface area (Å²) in [6.45, 7) is 2.97. The number of nitrogens with one attached hydrogen (secondary N) is 1. The summed E-state index contributed by atoms with van der Waals surface area (Å²) in [6, 6.07) is 13.2. The Kier molecular flexibility index (Phi) is 6.45. The maximum atomic E-state index is 13.9. The van der Waals surface area contributed by atoms with Gasteiger partial charge in [0.2, 0.25) is 5.89 Å². The minimum atomic E-state index is -0.474. The van der Waals surface area contributed by atoms with Gasteiger partial charge in [-0.05, 0) is 56.0 Å². The smallest absolute Gasteiger partial charge is 0.322 e. The molecule has 1 atom stereocenters. The molecule has 7 nitrogen and oxygen atoms in total. The van der Waals surface area contributed by atoms with Crippen LogP contribution in [-0.2, 0) is 6.42 Å². The number of anilines is 1. The molecule has 0 aliphatic carbocycles. The number of para-hydroxylation sites is 1. The van der Waals surface area contributed by atoms with Crippen LogP contribution in [0.4, 0.5) is 14.9 Å². The molecule has 31 heavy (non-hydrogen) atoms. The summed E-state index contributed by atoms with van der Waals surface area (Å²) in [5, 5.41) is 6.69. The Morgan fingerprint density at radius 3 is 2.97 bits per heavy atom. The fourth-order valence-electron chi connectivity index (χ4n) is 3.65. The number of aromatic nitrogens is 2. The van der Waals surface area contributed by atoms with E-state index in [1.165, 1.54) is 12.1 Å². The number of carbonyl (C=O) groups excluding carboxylic acids is 1. The Bertz CT molecular complexity index is 1040. The average molecular weight is 424 g/mol. The number of benzene rings is 2. The second-order valence-electron chi connectivity index (χ2n) is 7.58. The van der Waals surface area contributed by atoms with Gasteiger partial charge in [0.1, 0.15) is 17.6 Å². The zero-order chi connectivity index (χ0) is 21.6. The van der Waals surface area contributed by atoms with E-state index >= 15 is 0 Å². The number of hydrogen-bond donors (Lipinski definition) is 1. The Morgan fingerprint density at radius 2 is 2.13 bits per heavy atom. The molecule has 1 saturated heterocycles. The van der Waals surface area contributed by atoms with Gasteiger partial charge in [-0.25, -0.2) is 9.18 Å². The summed E-state index contributed by atoms with van der Waals surface area (Å²) in [6.07, 6.45) is 3.02. The van der Waals surface area contributed by atoms with Gasteiger partial charge >= 0.3 is 6.03 Å². The fourth-order valence-corrected chi connectivity index (χ4v) is 3.65. The van der Waals surface area contributed by atoms with E-state index in [2.05, 4.69) is 15.5 Å². The minimum absolute atomic E-state index is 0.149. The molecule has 1 aliphatic heterocycles. The lowest BCUT2D eigenvalue weighted by molar-refractivity contribution is 0.142. The number of amides is 2. The minimum Gasteiger partial charge on any atom is -0.493 e. The van der Waals surface area contributed by atoms with Crippen molar-refractivity contribution in [1.82, 2.24) is 15.0 Å². The van der Waals surface area contributed by atoms with Crippen molar-refractivity contribution in [2.75, 3.05) is 18.5 Å². The summed E-state index contributed by atoms with van der Waals surface area (Å²) in [7, 11) is 0. The molecule has 0 saturated carbocycles. The largest absolute Gasteiger partial charge is 0.493 e. The third-order valence-corrected chi connectivity index (χ3v) is 5.23. The maximum absolute atomic E-state index is 13.9. The standard InChI is InChI=1S/C23H25FN4O3/c1-16-7-6-8-17(15-16)30-14-12-21-26-22(31-27-21)20-11-4-5-13-28(20)23(29)25-19-10-3-2-9-18(19)24/h2-3,6-10,15,20H,4-5,11-14H2,1H3,(H,25,29). The van der Waals surface area contributed by atoms with Crippen LogP contribution >= 0.6 is 0 Å². The van der Waals surface area contributed by atoms with Crippen LogP contribution in [0.15, 0.2) is 53.1 Å². The predicted octanol–water partition coefficient (Wildman–Crippen LogP) is 4.90. The number of piperidine rings is 1. The van der Waals surface area contributed by atoms with E-state index in [4.69, 9.17) is 9.26 Å². The summed E-state index contributed by atoms with van der Waals surface area (Å²) in [5.74, 6) is 1.25. The molecule has 2 amide bonds. The lowest BCUT2D eigenvalue weighted by atomic mass is 10.0. The van der Waals surface area contributed by atoms with Crippen molar-refractivity contribution in [2.24, 2.45) is 0 Å². The van der Waals surface area contributed by atoms with Crippen molar-refractivity contribution in [3.63, 3.8) is 0 Å². The fraction of sp³-hybridized carbons (Fsp3) is 0.348. The normalized spacial score (nSPS) is 16.2. The third-order valence-electron chi connectivity index (χ3n) is 5.23. The number of likely N-dealkylation sites (tertiary alicyclic amines) is 1. The summed E-state index contributed by atoms with van der Waals surface area (Å²) in [4.78, 5) is 18.9. The molecule has 4 rings (SSSR count). The molecule has 1 aromatic heterocycles. The van der Waals surface area contributed by atoms with Crippen LogP contribution in [0, 0.1) is 12.7 Å². The maximum Gasteiger partial charge on any atom is 0.322 e. The molecule has 8 heteroatoms. The number of hydrogen-bond acceptors (Lipinski definition) is 5. The van der Waals surface area contributed by atoms with Crippen LogP contribution in [0.25, 0.3) is 0 Å². The van der Waals surface area contributed by atoms with Crippen LogP contribution in [-0.4, -0.2) is 34.2 Å². The number of urea groups is 1. The van der Waals surface area contributed by atoms with Gasteiger partial charge in [0, 0.05) is 13.0 Å². The van der Waals surface area contributed by atoms with Gasteiger partial charge in [0.15, 0.2) is 5.82 Å². The Labute approximate surface area is 180 Å². The van der Waals surface area contributed by atoms with Crippen molar-refractivity contribution in [3.8, 4) is 5.75 Å². The van der Waals surface area contributed by atoms with Gasteiger partial charge in [-0.2, -0.15) is 4.98 Å². The first-order chi connectivity index (χ1) is 15.1. The van der Waals surface area contributed by atoms with Gasteiger partial charge in [-0.3, -0.25) is 0 Å². The molecular formula is C23H25FN4O3. The van der Waals surface area contributed by atoms with Crippen LogP contribution in [0.3, 0.4) is 0 Å². The highest BCUT2D eigenvalue weighted by molar-refractivity contribution is 5.89. The molecular weight excluding hydrogens is 399 g/mol. The van der Waals surface area contributed by atoms with E-state index in [-0.39, 0.29) is 17.8 Å². The van der Waals surface area contributed by atoms with Crippen molar-refractivity contribution in [1.29, 1.82) is 0 Å². The molecule has 2 heterocycles. The first kappa shape index (κ1) is 20.8. The zero-order valence-corrected chi connectivity index (χ0v) is 17.4. The van der Waals surface area contributed by atoms with Crippen molar-refractivity contribution in [2.45, 2.75) is 38.6 Å². The highest BCUT2D eigenvalue weighted by atomic mass is 19.1. The first-order valence-corrected chi connectivity index (χ1v) is 10.4. The van der Waals surface area contributed by atoms with E-state index in [1.807, 2.05) is 31.2 Å². The highest BCUT2D eigenvalue weighted by Crippen LogP contribution is 2.30. The van der Waals surface area contributed by atoms with Gasteiger partial charge < -0.3 is 19.5 Å². The molecule has 0 radical (unpaired) electrons. The van der Waals surface area contributed by atoms with Crippen molar-refractivity contribution in [3.05, 3.63) is 71.6 Å². The number of rotatable bonds is 6. The molecule has 162 valence electrons. The number of nitrogens with zero attached hydrogens (tertiary/aromatic N) is 3. The predicted molar refractivity (Wildman–Crippen MR) is 113 cm³/mol. The summed E-state index contributed by atoms with van der Waals surface area (Å²) >= 11 is 0. The van der Waals surface area contributed by atoms with Gasteiger partial charge in [0.25, 0.3) is 0 Å². The second-order valence-corrected chi connectivity index (χ2v) is 7.58. The van der Waals surface area contributed by atoms with Gasteiger partial charge in [-0.1, -0.05) is 29.4 Å². The zero-order valence-electron chi connectivity index (χ0n) is 17.4. The van der Waals surface area contributed by atoms with Crippen LogP contribution in [0.2, 0.25) is 0 Å². The lowest BCUT2D eigenvalue weighted by Gasteiger charge is -2.33. The van der Waals surface area contributed by atoms with Gasteiger partial charge in [0.05, 0.1) is 12.3 Å². The molecule has 1 unspecified atom stereocenters. The first-order valence-electron chi connectivity index (χ1n) is 10.4. The highest BCUT2D eigenvalue weighted by Gasteiger charge is 2.32. The number of carbonyl (C=O) groups is 1. The number of aryl methyl sites for hydroxylation is 1. The topological polar surface area (TPSA) is 80.5 Å². The molecule has 2 aromatic carbocycles. The van der Waals surface area contributed by atoms with E-state index in [9.17, 15) is 9.18 Å². The van der Waals surface area contributed by atoms with Crippen LogP contribution < -0.4 is 10.1 Å². The summed E-state index contributed by atoms with van der Waals surface area (Å²) < 4.78 is 25.1. The SMILES string of the molecule is Cc1cccc(OCCc2noc(C3CCCCN3C(=O)Nc3ccccc3F)n2)c1. The van der Waals surface area contributed by atoms with Gasteiger partial charge in [-0.15, -0.1) is 0 Å². The number of halogens is 1. The van der Waals surface area contributed by atoms with Crippen LogP contribution in [0.5, 0.6) is 5.75 Å². The monoisotopic (exact) mass is 424 g/mol. The second kappa shape index (κ2) is 9.59. The Hall–Kier alpha value is -3.42. The van der Waals surface area contributed by atoms with E-state index in [1.54, 1.807) is 17.0 Å². The van der Waals surface area contributed by atoms with E-state index < -0.39 is 5.82 Å². The van der Waals surface area contributed by atoms with Crippen LogP contribution in [0.1, 0.15) is 42.6 Å². The quantitative estimate of drug-likeness (QED) is 0.609. The Balaban J connectivity index is 1.38.